The summed E-state index contributed by atoms with van der Waals surface area (Å²) in [6.07, 6.45) is 9.43. The van der Waals surface area contributed by atoms with E-state index in [-0.39, 0.29) is 5.56 Å². The SMILES string of the molecule is Cc1nc2ccccc2c(=O)n1/N=C\[C@H]1CC=CCC1. The molecule has 0 spiro atoms. The predicted octanol–water partition coefficient (Wildman–Crippen LogP) is 2.90. The van der Waals surface area contributed by atoms with Crippen LogP contribution in [0.25, 0.3) is 10.9 Å². The molecule has 1 aromatic heterocycles. The van der Waals surface area contributed by atoms with Gasteiger partial charge in [0.2, 0.25) is 0 Å². The number of benzene rings is 1. The number of hydrogen-bond donors (Lipinski definition) is 0. The van der Waals surface area contributed by atoms with Crippen molar-refractivity contribution in [3.63, 3.8) is 0 Å². The Labute approximate surface area is 117 Å². The quantitative estimate of drug-likeness (QED) is 0.620. The third-order valence-electron chi connectivity index (χ3n) is 3.62. The molecule has 2 aromatic rings. The lowest BCUT2D eigenvalue weighted by Gasteiger charge is -2.12. The van der Waals surface area contributed by atoms with Crippen LogP contribution in [0, 0.1) is 12.8 Å². The van der Waals surface area contributed by atoms with Gasteiger partial charge in [0.15, 0.2) is 0 Å². The fraction of sp³-hybridized carbons (Fsp3) is 0.312. The average molecular weight is 267 g/mol. The van der Waals surface area contributed by atoms with Crippen molar-refractivity contribution in [1.82, 2.24) is 9.66 Å². The first kappa shape index (κ1) is 12.8. The number of hydrogen-bond acceptors (Lipinski definition) is 3. The zero-order valence-electron chi connectivity index (χ0n) is 11.5. The van der Waals surface area contributed by atoms with E-state index in [1.807, 2.05) is 31.3 Å². The molecule has 1 heterocycles. The molecule has 0 unspecified atom stereocenters. The minimum atomic E-state index is -0.101. The third kappa shape index (κ3) is 2.41. The van der Waals surface area contributed by atoms with E-state index in [0.29, 0.717) is 17.1 Å². The summed E-state index contributed by atoms with van der Waals surface area (Å²) in [5.74, 6) is 1.04. The van der Waals surface area contributed by atoms with Crippen LogP contribution in [0.3, 0.4) is 0 Å². The van der Waals surface area contributed by atoms with E-state index in [9.17, 15) is 4.79 Å². The lowest BCUT2D eigenvalue weighted by molar-refractivity contribution is 0.619. The summed E-state index contributed by atoms with van der Waals surface area (Å²) < 4.78 is 1.40. The second kappa shape index (κ2) is 5.41. The average Bonchev–Trinajstić information content (AvgIpc) is 2.48. The topological polar surface area (TPSA) is 47.2 Å². The molecule has 4 heteroatoms. The van der Waals surface area contributed by atoms with Gasteiger partial charge in [0, 0.05) is 6.21 Å². The summed E-state index contributed by atoms with van der Waals surface area (Å²) in [6.45, 7) is 1.81. The number of fused-ring (bicyclic) bond motifs is 1. The summed E-state index contributed by atoms with van der Waals surface area (Å²) in [6, 6.07) is 7.38. The summed E-state index contributed by atoms with van der Waals surface area (Å²) in [5.41, 5.74) is 0.623. The van der Waals surface area contributed by atoms with Crippen molar-refractivity contribution >= 4 is 17.1 Å². The van der Waals surface area contributed by atoms with Crippen molar-refractivity contribution in [3.8, 4) is 0 Å². The smallest absolute Gasteiger partial charge is 0.267 e. The Morgan fingerprint density at radius 1 is 1.35 bits per heavy atom. The van der Waals surface area contributed by atoms with Crippen molar-refractivity contribution in [2.24, 2.45) is 11.0 Å². The Morgan fingerprint density at radius 3 is 3.00 bits per heavy atom. The standard InChI is InChI=1S/C16H17N3O/c1-12-18-15-10-6-5-9-14(15)16(20)19(12)17-11-13-7-3-2-4-8-13/h2-3,5-6,9-11,13H,4,7-8H2,1H3/b17-11-/t13-/m0/s1. The molecule has 1 aromatic carbocycles. The van der Waals surface area contributed by atoms with E-state index < -0.39 is 0 Å². The lowest BCUT2D eigenvalue weighted by atomic mass is 9.96. The number of para-hydroxylation sites is 1. The van der Waals surface area contributed by atoms with Crippen LogP contribution in [0.4, 0.5) is 0 Å². The molecule has 0 amide bonds. The number of aryl methyl sites for hydroxylation is 1. The Morgan fingerprint density at radius 2 is 2.20 bits per heavy atom. The number of allylic oxidation sites excluding steroid dienone is 2. The van der Waals surface area contributed by atoms with Crippen molar-refractivity contribution in [2.75, 3.05) is 0 Å². The fourth-order valence-corrected chi connectivity index (χ4v) is 2.48. The van der Waals surface area contributed by atoms with Crippen LogP contribution >= 0.6 is 0 Å². The second-order valence-corrected chi connectivity index (χ2v) is 5.10. The Balaban J connectivity index is 2.01. The van der Waals surface area contributed by atoms with Gasteiger partial charge in [-0.25, -0.2) is 4.98 Å². The number of nitrogens with zero attached hydrogens (tertiary/aromatic N) is 3. The first-order valence-corrected chi connectivity index (χ1v) is 6.93. The van der Waals surface area contributed by atoms with Crippen LogP contribution < -0.4 is 5.56 Å². The van der Waals surface area contributed by atoms with Crippen molar-refractivity contribution in [2.45, 2.75) is 26.2 Å². The molecule has 0 aliphatic heterocycles. The third-order valence-corrected chi connectivity index (χ3v) is 3.62. The molecule has 3 rings (SSSR count). The van der Waals surface area contributed by atoms with Crippen LogP contribution in [0.1, 0.15) is 25.1 Å². The van der Waals surface area contributed by atoms with Crippen molar-refractivity contribution < 1.29 is 0 Å². The molecule has 0 radical (unpaired) electrons. The predicted molar refractivity (Wildman–Crippen MR) is 81.1 cm³/mol. The molecule has 0 bridgehead atoms. The van der Waals surface area contributed by atoms with E-state index in [4.69, 9.17) is 0 Å². The van der Waals surface area contributed by atoms with Crippen LogP contribution in [0.15, 0.2) is 46.3 Å². The van der Waals surface area contributed by atoms with Gasteiger partial charge in [-0.1, -0.05) is 24.3 Å². The fourth-order valence-electron chi connectivity index (χ4n) is 2.48. The molecule has 0 fully saturated rings. The molecular weight excluding hydrogens is 250 g/mol. The second-order valence-electron chi connectivity index (χ2n) is 5.10. The monoisotopic (exact) mass is 267 g/mol. The highest BCUT2D eigenvalue weighted by atomic mass is 16.1. The summed E-state index contributed by atoms with van der Waals surface area (Å²) in [7, 11) is 0. The number of aromatic nitrogens is 2. The Hall–Kier alpha value is -2.23. The first-order valence-electron chi connectivity index (χ1n) is 6.93. The van der Waals surface area contributed by atoms with E-state index >= 15 is 0 Å². The molecule has 20 heavy (non-hydrogen) atoms. The van der Waals surface area contributed by atoms with Gasteiger partial charge in [0.05, 0.1) is 10.9 Å². The Kier molecular flexibility index (Phi) is 3.46. The minimum absolute atomic E-state index is 0.101. The van der Waals surface area contributed by atoms with E-state index in [0.717, 1.165) is 24.8 Å². The molecular formula is C16H17N3O. The highest BCUT2D eigenvalue weighted by Gasteiger charge is 2.09. The van der Waals surface area contributed by atoms with Crippen LogP contribution in [0.5, 0.6) is 0 Å². The van der Waals surface area contributed by atoms with Crippen molar-refractivity contribution in [3.05, 3.63) is 52.6 Å². The largest absolute Gasteiger partial charge is 0.282 e. The molecule has 0 saturated heterocycles. The lowest BCUT2D eigenvalue weighted by Crippen LogP contribution is -2.21. The van der Waals surface area contributed by atoms with Gasteiger partial charge in [0.1, 0.15) is 5.82 Å². The maximum atomic E-state index is 12.4. The molecule has 1 atom stereocenters. The zero-order valence-corrected chi connectivity index (χ0v) is 11.5. The zero-order chi connectivity index (χ0) is 13.9. The van der Waals surface area contributed by atoms with Gasteiger partial charge < -0.3 is 0 Å². The maximum absolute atomic E-state index is 12.4. The molecule has 0 saturated carbocycles. The highest BCUT2D eigenvalue weighted by Crippen LogP contribution is 2.16. The van der Waals surface area contributed by atoms with Crippen molar-refractivity contribution in [1.29, 1.82) is 0 Å². The highest BCUT2D eigenvalue weighted by molar-refractivity contribution is 5.77. The molecule has 102 valence electrons. The maximum Gasteiger partial charge on any atom is 0.282 e. The molecule has 1 aliphatic carbocycles. The first-order chi connectivity index (χ1) is 9.75. The van der Waals surface area contributed by atoms with Crippen LogP contribution in [-0.2, 0) is 0 Å². The Bertz CT molecular complexity index is 743. The molecule has 1 aliphatic rings. The van der Waals surface area contributed by atoms with Crippen LogP contribution in [-0.4, -0.2) is 15.9 Å². The summed E-state index contributed by atoms with van der Waals surface area (Å²) in [5, 5.41) is 4.97. The summed E-state index contributed by atoms with van der Waals surface area (Å²) >= 11 is 0. The molecule has 4 nitrogen and oxygen atoms in total. The van der Waals surface area contributed by atoms with Gasteiger partial charge in [0.25, 0.3) is 5.56 Å². The summed E-state index contributed by atoms with van der Waals surface area (Å²) in [4.78, 5) is 16.9. The normalized spacial score (nSPS) is 18.9. The number of rotatable bonds is 2. The van der Waals surface area contributed by atoms with Gasteiger partial charge in [-0.3, -0.25) is 4.79 Å². The van der Waals surface area contributed by atoms with E-state index in [1.165, 1.54) is 4.68 Å². The van der Waals surface area contributed by atoms with Gasteiger partial charge >= 0.3 is 0 Å². The minimum Gasteiger partial charge on any atom is -0.267 e. The van der Waals surface area contributed by atoms with E-state index in [1.54, 1.807) is 6.07 Å². The van der Waals surface area contributed by atoms with Gasteiger partial charge in [-0.2, -0.15) is 9.78 Å². The molecule has 0 N–H and O–H groups in total. The van der Waals surface area contributed by atoms with Gasteiger partial charge in [-0.05, 0) is 44.2 Å². The van der Waals surface area contributed by atoms with Gasteiger partial charge in [-0.15, -0.1) is 0 Å². The van der Waals surface area contributed by atoms with Crippen LogP contribution in [0.2, 0.25) is 0 Å². The van der Waals surface area contributed by atoms with E-state index in [2.05, 4.69) is 22.2 Å².